The van der Waals surface area contributed by atoms with Crippen LogP contribution in [0.1, 0.15) is 5.56 Å². The highest BCUT2D eigenvalue weighted by Crippen LogP contribution is 2.27. The van der Waals surface area contributed by atoms with Gasteiger partial charge in [0, 0.05) is 19.8 Å². The molecule has 2 rings (SSSR count). The number of nitrogens with zero attached hydrogens (tertiary/aromatic N) is 1. The van der Waals surface area contributed by atoms with E-state index in [1.165, 1.54) is 45.5 Å². The van der Waals surface area contributed by atoms with Crippen molar-refractivity contribution in [3.8, 4) is 11.5 Å². The van der Waals surface area contributed by atoms with Gasteiger partial charge >= 0.3 is 0 Å². The van der Waals surface area contributed by atoms with E-state index in [9.17, 15) is 13.2 Å². The molecule has 0 radical (unpaired) electrons. The van der Waals surface area contributed by atoms with Crippen molar-refractivity contribution in [3.05, 3.63) is 48.0 Å². The topological polar surface area (TPSA) is 84.9 Å². The number of amides is 1. The highest BCUT2D eigenvalue weighted by molar-refractivity contribution is 7.89. The molecule has 26 heavy (non-hydrogen) atoms. The second kappa shape index (κ2) is 8.20. The second-order valence-electron chi connectivity index (χ2n) is 5.80. The molecule has 0 bridgehead atoms. The number of benzene rings is 2. The Bertz CT molecular complexity index is 877. The molecule has 0 fully saturated rings. The van der Waals surface area contributed by atoms with Crippen molar-refractivity contribution >= 4 is 21.6 Å². The van der Waals surface area contributed by atoms with Crippen molar-refractivity contribution in [2.24, 2.45) is 0 Å². The quantitative estimate of drug-likeness (QED) is 0.799. The van der Waals surface area contributed by atoms with Gasteiger partial charge in [0.1, 0.15) is 0 Å². The summed E-state index contributed by atoms with van der Waals surface area (Å²) >= 11 is 0. The standard InChI is InChI=1S/C18H22N2O5S/c1-13-5-10-16(17(11-13)24-4)25-12-18(21)19-14-6-8-15(9-7-14)26(22,23)20(2)3/h5-11H,12H2,1-4H3,(H,19,21). The lowest BCUT2D eigenvalue weighted by Gasteiger charge is -2.13. The summed E-state index contributed by atoms with van der Waals surface area (Å²) in [5.74, 6) is 0.660. The van der Waals surface area contributed by atoms with Gasteiger partial charge in [0.05, 0.1) is 12.0 Å². The molecule has 8 heteroatoms. The molecule has 0 saturated heterocycles. The van der Waals surface area contributed by atoms with Crippen molar-refractivity contribution in [3.63, 3.8) is 0 Å². The van der Waals surface area contributed by atoms with E-state index in [2.05, 4.69) is 5.32 Å². The van der Waals surface area contributed by atoms with Gasteiger partial charge in [-0.2, -0.15) is 0 Å². The van der Waals surface area contributed by atoms with Gasteiger partial charge in [0.15, 0.2) is 18.1 Å². The number of methoxy groups -OCH3 is 1. The first-order valence-corrected chi connectivity index (χ1v) is 9.28. The van der Waals surface area contributed by atoms with E-state index < -0.39 is 10.0 Å². The minimum atomic E-state index is -3.50. The zero-order chi connectivity index (χ0) is 19.3. The Morgan fingerprint density at radius 3 is 2.31 bits per heavy atom. The number of aryl methyl sites for hydroxylation is 1. The van der Waals surface area contributed by atoms with Gasteiger partial charge in [-0.05, 0) is 48.9 Å². The molecule has 0 atom stereocenters. The number of carbonyl (C=O) groups is 1. The summed E-state index contributed by atoms with van der Waals surface area (Å²) in [5, 5.41) is 2.66. The van der Waals surface area contributed by atoms with E-state index in [-0.39, 0.29) is 17.4 Å². The van der Waals surface area contributed by atoms with E-state index in [1.54, 1.807) is 6.07 Å². The Morgan fingerprint density at radius 1 is 1.08 bits per heavy atom. The van der Waals surface area contributed by atoms with Crippen molar-refractivity contribution in [1.29, 1.82) is 0 Å². The summed E-state index contributed by atoms with van der Waals surface area (Å²) in [5.41, 5.74) is 1.50. The van der Waals surface area contributed by atoms with Crippen LogP contribution in [-0.4, -0.2) is 46.4 Å². The number of carbonyl (C=O) groups excluding carboxylic acids is 1. The van der Waals surface area contributed by atoms with Gasteiger partial charge in [0.25, 0.3) is 5.91 Å². The van der Waals surface area contributed by atoms with Gasteiger partial charge in [0.2, 0.25) is 10.0 Å². The number of ether oxygens (including phenoxy) is 2. The Hall–Kier alpha value is -2.58. The van der Waals surface area contributed by atoms with Crippen LogP contribution in [-0.2, 0) is 14.8 Å². The maximum absolute atomic E-state index is 12.0. The first-order valence-electron chi connectivity index (χ1n) is 7.84. The average molecular weight is 378 g/mol. The lowest BCUT2D eigenvalue weighted by Crippen LogP contribution is -2.22. The number of hydrogen-bond acceptors (Lipinski definition) is 5. The molecule has 7 nitrogen and oxygen atoms in total. The summed E-state index contributed by atoms with van der Waals surface area (Å²) in [6.45, 7) is 1.73. The fraction of sp³-hybridized carbons (Fsp3) is 0.278. The van der Waals surface area contributed by atoms with Crippen molar-refractivity contribution in [2.45, 2.75) is 11.8 Å². The van der Waals surface area contributed by atoms with Crippen LogP contribution in [0.3, 0.4) is 0 Å². The van der Waals surface area contributed by atoms with Gasteiger partial charge in [-0.15, -0.1) is 0 Å². The van der Waals surface area contributed by atoms with Gasteiger partial charge in [-0.3, -0.25) is 4.79 Å². The minimum absolute atomic E-state index is 0.154. The van der Waals surface area contributed by atoms with Crippen molar-refractivity contribution < 1.29 is 22.7 Å². The molecule has 0 heterocycles. The number of hydrogen-bond donors (Lipinski definition) is 1. The van der Waals surface area contributed by atoms with E-state index in [0.717, 1.165) is 9.87 Å². The molecule has 0 aliphatic heterocycles. The fourth-order valence-electron chi connectivity index (χ4n) is 2.16. The third-order valence-electron chi connectivity index (χ3n) is 3.59. The van der Waals surface area contributed by atoms with Crippen LogP contribution in [0.5, 0.6) is 11.5 Å². The molecule has 1 amide bonds. The highest BCUT2D eigenvalue weighted by atomic mass is 32.2. The molecule has 0 aromatic heterocycles. The van der Waals surface area contributed by atoms with Crippen LogP contribution in [0.15, 0.2) is 47.4 Å². The monoisotopic (exact) mass is 378 g/mol. The summed E-state index contributed by atoms with van der Waals surface area (Å²) < 4.78 is 35.9. The lowest BCUT2D eigenvalue weighted by molar-refractivity contribution is -0.118. The minimum Gasteiger partial charge on any atom is -0.493 e. The summed E-state index contributed by atoms with van der Waals surface area (Å²) in [4.78, 5) is 12.2. The predicted molar refractivity (Wildman–Crippen MR) is 99.2 cm³/mol. The molecule has 0 aliphatic carbocycles. The lowest BCUT2D eigenvalue weighted by atomic mass is 10.2. The number of nitrogens with one attached hydrogen (secondary N) is 1. The summed E-state index contributed by atoms with van der Waals surface area (Å²) in [7, 11) is 0.955. The van der Waals surface area contributed by atoms with Crippen LogP contribution < -0.4 is 14.8 Å². The smallest absolute Gasteiger partial charge is 0.262 e. The van der Waals surface area contributed by atoms with Crippen LogP contribution >= 0.6 is 0 Å². The molecule has 0 spiro atoms. The zero-order valence-electron chi connectivity index (χ0n) is 15.1. The zero-order valence-corrected chi connectivity index (χ0v) is 16.0. The Labute approximate surface area is 153 Å². The molecule has 0 unspecified atom stereocenters. The van der Waals surface area contributed by atoms with E-state index in [1.807, 2.05) is 19.1 Å². The average Bonchev–Trinajstić information content (AvgIpc) is 2.60. The van der Waals surface area contributed by atoms with Gasteiger partial charge in [-0.25, -0.2) is 12.7 Å². The molecule has 140 valence electrons. The second-order valence-corrected chi connectivity index (χ2v) is 7.95. The van der Waals surface area contributed by atoms with E-state index in [0.29, 0.717) is 17.2 Å². The summed E-state index contributed by atoms with van der Waals surface area (Å²) in [6, 6.07) is 11.4. The first-order chi connectivity index (χ1) is 12.2. The van der Waals surface area contributed by atoms with Crippen LogP contribution in [0.4, 0.5) is 5.69 Å². The molecule has 1 N–H and O–H groups in total. The third-order valence-corrected chi connectivity index (χ3v) is 5.42. The van der Waals surface area contributed by atoms with Crippen molar-refractivity contribution in [1.82, 2.24) is 4.31 Å². The molecule has 0 saturated carbocycles. The Morgan fingerprint density at radius 2 is 1.73 bits per heavy atom. The van der Waals surface area contributed by atoms with Crippen LogP contribution in [0, 0.1) is 6.92 Å². The van der Waals surface area contributed by atoms with Gasteiger partial charge in [-0.1, -0.05) is 6.07 Å². The number of rotatable bonds is 7. The highest BCUT2D eigenvalue weighted by Gasteiger charge is 2.16. The van der Waals surface area contributed by atoms with Crippen molar-refractivity contribution in [2.75, 3.05) is 33.1 Å². The normalized spacial score (nSPS) is 11.3. The maximum atomic E-state index is 12.0. The molecular weight excluding hydrogens is 356 g/mol. The SMILES string of the molecule is COc1cc(C)ccc1OCC(=O)Nc1ccc(S(=O)(=O)N(C)C)cc1. The Kier molecular flexibility index (Phi) is 6.23. The number of anilines is 1. The summed E-state index contributed by atoms with van der Waals surface area (Å²) in [6.07, 6.45) is 0. The first kappa shape index (κ1) is 19.7. The van der Waals surface area contributed by atoms with Crippen LogP contribution in [0.25, 0.3) is 0 Å². The Balaban J connectivity index is 1.98. The predicted octanol–water partition coefficient (Wildman–Crippen LogP) is 2.27. The molecular formula is C18H22N2O5S. The molecule has 2 aromatic rings. The van der Waals surface area contributed by atoms with Crippen LogP contribution in [0.2, 0.25) is 0 Å². The largest absolute Gasteiger partial charge is 0.493 e. The van der Waals surface area contributed by atoms with E-state index in [4.69, 9.17) is 9.47 Å². The number of sulfonamides is 1. The fourth-order valence-corrected chi connectivity index (χ4v) is 3.06. The molecule has 0 aliphatic rings. The molecule has 2 aromatic carbocycles. The third kappa shape index (κ3) is 4.74. The van der Waals surface area contributed by atoms with Gasteiger partial charge < -0.3 is 14.8 Å². The van der Waals surface area contributed by atoms with E-state index >= 15 is 0 Å². The maximum Gasteiger partial charge on any atom is 0.262 e.